The van der Waals surface area contributed by atoms with Gasteiger partial charge in [-0.3, -0.25) is 9.80 Å². The Morgan fingerprint density at radius 1 is 0.960 bits per heavy atom. The molecule has 3 heteroatoms. The fourth-order valence-electron chi connectivity index (χ4n) is 3.75. The maximum absolute atomic E-state index is 10.1. The highest BCUT2D eigenvalue weighted by atomic mass is 16.3. The van der Waals surface area contributed by atoms with Crippen LogP contribution in [0.2, 0.25) is 0 Å². The summed E-state index contributed by atoms with van der Waals surface area (Å²) in [5, 5.41) is 10.1. The minimum Gasteiger partial charge on any atom is -0.389 e. The summed E-state index contributed by atoms with van der Waals surface area (Å²) in [6.45, 7) is 8.57. The van der Waals surface area contributed by atoms with Crippen LogP contribution >= 0.6 is 0 Å². The lowest BCUT2D eigenvalue weighted by molar-refractivity contribution is 0.0407. The van der Waals surface area contributed by atoms with Crippen molar-refractivity contribution in [3.8, 4) is 0 Å². The first-order chi connectivity index (χ1) is 12.0. The largest absolute Gasteiger partial charge is 0.389 e. The van der Waals surface area contributed by atoms with E-state index in [0.29, 0.717) is 6.04 Å². The van der Waals surface area contributed by atoms with Crippen molar-refractivity contribution in [3.63, 3.8) is 0 Å². The third-order valence-corrected chi connectivity index (χ3v) is 4.83. The molecule has 25 heavy (non-hydrogen) atoms. The van der Waals surface area contributed by atoms with Gasteiger partial charge >= 0.3 is 0 Å². The molecule has 0 spiro atoms. The monoisotopic (exact) mass is 338 g/mol. The summed E-state index contributed by atoms with van der Waals surface area (Å²) in [6, 6.07) is 22.0. The third-order valence-electron chi connectivity index (χ3n) is 4.83. The van der Waals surface area contributed by atoms with Crippen LogP contribution in [0.5, 0.6) is 0 Å². The molecule has 1 unspecified atom stereocenters. The second-order valence-corrected chi connectivity index (χ2v) is 7.87. The predicted octanol–water partition coefficient (Wildman–Crippen LogP) is 3.53. The van der Waals surface area contributed by atoms with Crippen molar-refractivity contribution in [2.24, 2.45) is 0 Å². The van der Waals surface area contributed by atoms with E-state index in [1.165, 1.54) is 11.1 Å². The van der Waals surface area contributed by atoms with Gasteiger partial charge in [-0.25, -0.2) is 0 Å². The highest BCUT2D eigenvalue weighted by Gasteiger charge is 2.30. The molecule has 1 aliphatic heterocycles. The molecule has 0 aromatic heterocycles. The van der Waals surface area contributed by atoms with Gasteiger partial charge in [-0.2, -0.15) is 0 Å². The Bertz CT molecular complexity index is 595. The normalized spacial score (nSPS) is 18.8. The lowest BCUT2D eigenvalue weighted by atomic mass is 10.1. The minimum absolute atomic E-state index is 0.530. The number of rotatable bonds is 7. The lowest BCUT2D eigenvalue weighted by Gasteiger charge is -2.30. The Morgan fingerprint density at radius 2 is 1.48 bits per heavy atom. The molecule has 134 valence electrons. The van der Waals surface area contributed by atoms with Crippen LogP contribution in [0.3, 0.4) is 0 Å². The standard InChI is InChI=1S/C22H30N2O/c1-22(2,25)18-23-14-13-21(17-23)24(15-19-9-5-3-6-10-19)16-20-11-7-4-8-12-20/h3-12,21,25H,13-18H2,1-2H3. The van der Waals surface area contributed by atoms with Gasteiger partial charge in [0.15, 0.2) is 0 Å². The number of β-amino-alcohol motifs (C(OH)–C–C–N with tert-alkyl or cyclic N) is 1. The molecule has 0 bridgehead atoms. The second kappa shape index (κ2) is 8.13. The summed E-state index contributed by atoms with van der Waals surface area (Å²) in [5.41, 5.74) is 2.09. The quantitative estimate of drug-likeness (QED) is 0.836. The zero-order valence-corrected chi connectivity index (χ0v) is 15.4. The lowest BCUT2D eigenvalue weighted by Crippen LogP contribution is -2.41. The fourth-order valence-corrected chi connectivity index (χ4v) is 3.75. The first-order valence-electron chi connectivity index (χ1n) is 9.26. The maximum atomic E-state index is 10.1. The van der Waals surface area contributed by atoms with Crippen molar-refractivity contribution in [2.45, 2.75) is 45.0 Å². The van der Waals surface area contributed by atoms with Crippen LogP contribution in [-0.4, -0.2) is 46.2 Å². The Kier molecular flexibility index (Phi) is 5.89. The first kappa shape index (κ1) is 18.1. The predicted molar refractivity (Wildman–Crippen MR) is 103 cm³/mol. The van der Waals surface area contributed by atoms with Crippen molar-refractivity contribution in [3.05, 3.63) is 71.8 Å². The van der Waals surface area contributed by atoms with Gasteiger partial charge in [0.2, 0.25) is 0 Å². The zero-order valence-electron chi connectivity index (χ0n) is 15.4. The van der Waals surface area contributed by atoms with Crippen LogP contribution in [0.25, 0.3) is 0 Å². The van der Waals surface area contributed by atoms with Crippen LogP contribution < -0.4 is 0 Å². The number of likely N-dealkylation sites (tertiary alicyclic amines) is 1. The molecule has 2 aromatic rings. The van der Waals surface area contributed by atoms with Crippen LogP contribution in [-0.2, 0) is 13.1 Å². The van der Waals surface area contributed by atoms with E-state index in [1.54, 1.807) is 0 Å². The number of hydrogen-bond acceptors (Lipinski definition) is 3. The van der Waals surface area contributed by atoms with Gasteiger partial charge in [0, 0.05) is 32.2 Å². The van der Waals surface area contributed by atoms with Crippen molar-refractivity contribution in [1.29, 1.82) is 0 Å². The molecule has 1 fully saturated rings. The van der Waals surface area contributed by atoms with E-state index in [0.717, 1.165) is 39.1 Å². The van der Waals surface area contributed by atoms with E-state index in [9.17, 15) is 5.11 Å². The molecule has 3 rings (SSSR count). The molecule has 0 saturated carbocycles. The van der Waals surface area contributed by atoms with E-state index in [4.69, 9.17) is 0 Å². The average molecular weight is 338 g/mol. The minimum atomic E-state index is -0.626. The van der Waals surface area contributed by atoms with E-state index in [1.807, 2.05) is 13.8 Å². The van der Waals surface area contributed by atoms with Gasteiger partial charge in [-0.05, 0) is 37.9 Å². The van der Waals surface area contributed by atoms with E-state index in [-0.39, 0.29) is 0 Å². The molecular weight excluding hydrogens is 308 g/mol. The summed E-state index contributed by atoms with van der Waals surface area (Å²) in [5.74, 6) is 0. The van der Waals surface area contributed by atoms with Gasteiger partial charge in [0.1, 0.15) is 0 Å². The molecule has 1 saturated heterocycles. The molecule has 1 N–H and O–H groups in total. The van der Waals surface area contributed by atoms with Crippen LogP contribution in [0.4, 0.5) is 0 Å². The van der Waals surface area contributed by atoms with Crippen molar-refractivity contribution in [2.75, 3.05) is 19.6 Å². The molecular formula is C22H30N2O. The van der Waals surface area contributed by atoms with Crippen LogP contribution in [0.1, 0.15) is 31.4 Å². The summed E-state index contributed by atoms with van der Waals surface area (Å²) in [4.78, 5) is 4.99. The van der Waals surface area contributed by atoms with Gasteiger partial charge < -0.3 is 5.11 Å². The molecule has 0 aliphatic carbocycles. The van der Waals surface area contributed by atoms with Gasteiger partial charge in [-0.15, -0.1) is 0 Å². The van der Waals surface area contributed by atoms with Crippen molar-refractivity contribution >= 4 is 0 Å². The average Bonchev–Trinajstić information content (AvgIpc) is 3.03. The maximum Gasteiger partial charge on any atom is 0.0718 e. The molecule has 1 heterocycles. The van der Waals surface area contributed by atoms with E-state index < -0.39 is 5.60 Å². The molecule has 1 atom stereocenters. The topological polar surface area (TPSA) is 26.7 Å². The smallest absolute Gasteiger partial charge is 0.0718 e. The van der Waals surface area contributed by atoms with Crippen molar-refractivity contribution < 1.29 is 5.11 Å². The second-order valence-electron chi connectivity index (χ2n) is 7.87. The summed E-state index contributed by atoms with van der Waals surface area (Å²) < 4.78 is 0. The van der Waals surface area contributed by atoms with Gasteiger partial charge in [0.05, 0.1) is 5.60 Å². The third kappa shape index (κ3) is 5.67. The summed E-state index contributed by atoms with van der Waals surface area (Å²) >= 11 is 0. The van der Waals surface area contributed by atoms with E-state index >= 15 is 0 Å². The summed E-state index contributed by atoms with van der Waals surface area (Å²) in [6.07, 6.45) is 1.16. The number of benzene rings is 2. The Balaban J connectivity index is 1.70. The SMILES string of the molecule is CC(C)(O)CN1CCC(N(Cc2ccccc2)Cc2ccccc2)C1. The molecule has 0 radical (unpaired) electrons. The van der Waals surface area contributed by atoms with Crippen LogP contribution in [0, 0.1) is 0 Å². The highest BCUT2D eigenvalue weighted by Crippen LogP contribution is 2.22. The highest BCUT2D eigenvalue weighted by molar-refractivity contribution is 5.17. The Hall–Kier alpha value is -1.68. The number of aliphatic hydroxyl groups is 1. The molecule has 0 amide bonds. The fraction of sp³-hybridized carbons (Fsp3) is 0.455. The van der Waals surface area contributed by atoms with Gasteiger partial charge in [0.25, 0.3) is 0 Å². The zero-order chi connectivity index (χ0) is 17.7. The number of nitrogens with zero attached hydrogens (tertiary/aromatic N) is 2. The van der Waals surface area contributed by atoms with Gasteiger partial charge in [-0.1, -0.05) is 60.7 Å². The first-order valence-corrected chi connectivity index (χ1v) is 9.26. The Morgan fingerprint density at radius 3 is 1.96 bits per heavy atom. The molecule has 1 aliphatic rings. The molecule has 3 nitrogen and oxygen atoms in total. The Labute approximate surface area is 151 Å². The van der Waals surface area contributed by atoms with Crippen molar-refractivity contribution in [1.82, 2.24) is 9.80 Å². The number of hydrogen-bond donors (Lipinski definition) is 1. The van der Waals surface area contributed by atoms with Crippen LogP contribution in [0.15, 0.2) is 60.7 Å². The molecule has 2 aromatic carbocycles. The van der Waals surface area contributed by atoms with E-state index in [2.05, 4.69) is 70.5 Å². The summed E-state index contributed by atoms with van der Waals surface area (Å²) in [7, 11) is 0.